The molecule has 3 N–H and O–H groups in total. The maximum Gasteiger partial charge on any atom is 0.289 e. The summed E-state index contributed by atoms with van der Waals surface area (Å²) in [7, 11) is 0. The van der Waals surface area contributed by atoms with Gasteiger partial charge in [0.05, 0.1) is 16.6 Å². The molecular weight excluding hydrogens is 405 g/mol. The van der Waals surface area contributed by atoms with Crippen LogP contribution < -0.4 is 11.1 Å². The van der Waals surface area contributed by atoms with Crippen LogP contribution in [0.5, 0.6) is 0 Å². The van der Waals surface area contributed by atoms with Crippen LogP contribution in [0.2, 0.25) is 0 Å². The number of amides is 1. The first-order chi connectivity index (χ1) is 15.6. The van der Waals surface area contributed by atoms with Gasteiger partial charge in [-0.05, 0) is 36.2 Å². The number of fused-ring (bicyclic) bond motifs is 3. The molecule has 0 radical (unpaired) electrons. The van der Waals surface area contributed by atoms with Crippen molar-refractivity contribution in [2.24, 2.45) is 0 Å². The van der Waals surface area contributed by atoms with Crippen molar-refractivity contribution in [2.45, 2.75) is 6.42 Å². The minimum Gasteiger partial charge on any atom is -0.383 e. The lowest BCUT2D eigenvalue weighted by Crippen LogP contribution is -2.28. The number of benzene rings is 3. The third-order valence-corrected chi connectivity index (χ3v) is 5.36. The van der Waals surface area contributed by atoms with Crippen LogP contribution in [-0.2, 0) is 6.42 Å². The summed E-state index contributed by atoms with van der Waals surface area (Å²) in [6.45, 7) is 0.442. The Bertz CT molecular complexity index is 1450. The number of halogens is 1. The van der Waals surface area contributed by atoms with E-state index < -0.39 is 5.91 Å². The summed E-state index contributed by atoms with van der Waals surface area (Å²) < 4.78 is 15.8. The normalized spacial score (nSPS) is 11.2. The van der Waals surface area contributed by atoms with E-state index in [2.05, 4.69) is 15.3 Å². The molecule has 32 heavy (non-hydrogen) atoms. The average Bonchev–Trinajstić information content (AvgIpc) is 3.14. The number of anilines is 1. The number of nitrogen functional groups attached to an aromatic ring is 1. The lowest BCUT2D eigenvalue weighted by atomic mass is 10.1. The summed E-state index contributed by atoms with van der Waals surface area (Å²) in [6, 6.07) is 23.7. The van der Waals surface area contributed by atoms with Crippen molar-refractivity contribution in [3.05, 3.63) is 96.1 Å². The molecular formula is C25H20FN5O. The third kappa shape index (κ3) is 3.54. The Kier molecular flexibility index (Phi) is 4.99. The van der Waals surface area contributed by atoms with Crippen LogP contribution in [0.3, 0.4) is 0 Å². The zero-order valence-electron chi connectivity index (χ0n) is 17.1. The number of para-hydroxylation sites is 1. The zero-order valence-corrected chi connectivity index (χ0v) is 17.1. The molecule has 0 fully saturated rings. The molecule has 3 aromatic carbocycles. The first-order valence-electron chi connectivity index (χ1n) is 10.3. The minimum atomic E-state index is -0.412. The number of rotatable bonds is 5. The second-order valence-electron chi connectivity index (χ2n) is 7.45. The lowest BCUT2D eigenvalue weighted by molar-refractivity contribution is 0.0944. The second kappa shape index (κ2) is 8.11. The molecule has 0 aliphatic heterocycles. The molecule has 2 heterocycles. The number of nitrogens with zero attached hydrogens (tertiary/aromatic N) is 3. The van der Waals surface area contributed by atoms with Gasteiger partial charge >= 0.3 is 0 Å². The predicted octanol–water partition coefficient (Wildman–Crippen LogP) is 4.27. The molecule has 5 aromatic rings. The molecule has 0 aliphatic rings. The van der Waals surface area contributed by atoms with E-state index in [1.165, 1.54) is 12.1 Å². The van der Waals surface area contributed by atoms with Gasteiger partial charge in [-0.2, -0.15) is 0 Å². The number of hydrogen-bond donors (Lipinski definition) is 2. The van der Waals surface area contributed by atoms with Crippen molar-refractivity contribution in [2.75, 3.05) is 12.3 Å². The molecule has 6 nitrogen and oxygen atoms in total. The molecule has 5 rings (SSSR count). The second-order valence-corrected chi connectivity index (χ2v) is 7.45. The maximum atomic E-state index is 14.0. The van der Waals surface area contributed by atoms with Crippen LogP contribution in [0.25, 0.3) is 27.6 Å². The van der Waals surface area contributed by atoms with Crippen molar-refractivity contribution in [1.82, 2.24) is 19.9 Å². The topological polar surface area (TPSA) is 85.8 Å². The summed E-state index contributed by atoms with van der Waals surface area (Å²) in [5.41, 5.74) is 9.25. The fourth-order valence-corrected chi connectivity index (χ4v) is 3.90. The number of aromatic nitrogens is 3. The Balaban J connectivity index is 1.57. The van der Waals surface area contributed by atoms with Gasteiger partial charge in [-0.15, -0.1) is 0 Å². The highest BCUT2D eigenvalue weighted by atomic mass is 19.1. The highest BCUT2D eigenvalue weighted by molar-refractivity contribution is 6.13. The summed E-state index contributed by atoms with van der Waals surface area (Å²) in [5, 5.41) is 4.32. The SMILES string of the molecule is Nc1nc(C(=O)NCCc2ccccc2)nc2c1c1ccccc1n2-c1cccc(F)c1. The number of carbonyl (C=O) groups excluding carboxylic acids is 1. The monoisotopic (exact) mass is 425 g/mol. The number of hydrogen-bond acceptors (Lipinski definition) is 4. The first-order valence-corrected chi connectivity index (χ1v) is 10.3. The standard InChI is InChI=1S/C25H20FN5O/c26-17-9-6-10-18(15-17)31-20-12-5-4-11-19(20)21-22(27)29-23(30-24(21)31)25(32)28-14-13-16-7-2-1-3-8-16/h1-12,15H,13-14H2,(H,28,32)(H2,27,29,30). The molecule has 2 aromatic heterocycles. The van der Waals surface area contributed by atoms with E-state index in [0.717, 1.165) is 16.5 Å². The number of carbonyl (C=O) groups is 1. The Morgan fingerprint density at radius 2 is 1.75 bits per heavy atom. The molecule has 0 saturated heterocycles. The number of nitrogens with two attached hydrogens (primary N) is 1. The fraction of sp³-hybridized carbons (Fsp3) is 0.0800. The third-order valence-electron chi connectivity index (χ3n) is 5.36. The van der Waals surface area contributed by atoms with Crippen LogP contribution in [0.15, 0.2) is 78.9 Å². The molecule has 0 aliphatic carbocycles. The molecule has 0 spiro atoms. The van der Waals surface area contributed by atoms with Crippen molar-refractivity contribution < 1.29 is 9.18 Å². The Labute approximate surface area is 183 Å². The zero-order chi connectivity index (χ0) is 22.1. The maximum absolute atomic E-state index is 14.0. The summed E-state index contributed by atoms with van der Waals surface area (Å²) in [4.78, 5) is 21.6. The van der Waals surface area contributed by atoms with Crippen molar-refractivity contribution in [3.8, 4) is 5.69 Å². The summed E-state index contributed by atoms with van der Waals surface area (Å²) in [6.07, 6.45) is 0.688. The first kappa shape index (κ1) is 19.7. The van der Waals surface area contributed by atoms with Gasteiger partial charge in [-0.3, -0.25) is 9.36 Å². The van der Waals surface area contributed by atoms with Gasteiger partial charge in [-0.25, -0.2) is 14.4 Å². The molecule has 0 unspecified atom stereocenters. The van der Waals surface area contributed by atoms with Crippen molar-refractivity contribution >= 4 is 33.7 Å². The predicted molar refractivity (Wildman–Crippen MR) is 123 cm³/mol. The highest BCUT2D eigenvalue weighted by Crippen LogP contribution is 2.33. The summed E-state index contributed by atoms with van der Waals surface area (Å²) >= 11 is 0. The van der Waals surface area contributed by atoms with E-state index in [9.17, 15) is 9.18 Å². The van der Waals surface area contributed by atoms with Gasteiger partial charge < -0.3 is 11.1 Å². The van der Waals surface area contributed by atoms with Crippen LogP contribution in [0, 0.1) is 5.82 Å². The molecule has 158 valence electrons. The van der Waals surface area contributed by atoms with Crippen molar-refractivity contribution in [3.63, 3.8) is 0 Å². The Hall–Kier alpha value is -4.26. The fourth-order valence-electron chi connectivity index (χ4n) is 3.90. The van der Waals surface area contributed by atoms with Crippen molar-refractivity contribution in [1.29, 1.82) is 0 Å². The van der Waals surface area contributed by atoms with E-state index >= 15 is 0 Å². The molecule has 0 atom stereocenters. The molecule has 1 amide bonds. The van der Waals surface area contributed by atoms with Gasteiger partial charge in [0.25, 0.3) is 5.91 Å². The smallest absolute Gasteiger partial charge is 0.289 e. The van der Waals surface area contributed by atoms with Crippen LogP contribution in [0.1, 0.15) is 16.2 Å². The average molecular weight is 425 g/mol. The van der Waals surface area contributed by atoms with Gasteiger partial charge in [0.1, 0.15) is 11.6 Å². The van der Waals surface area contributed by atoms with Gasteiger partial charge in [0.2, 0.25) is 5.82 Å². The summed E-state index contributed by atoms with van der Waals surface area (Å²) in [5.74, 6) is -0.599. The Morgan fingerprint density at radius 3 is 2.56 bits per heavy atom. The van der Waals surface area contributed by atoms with E-state index in [4.69, 9.17) is 5.73 Å². The van der Waals surface area contributed by atoms with E-state index in [1.807, 2.05) is 54.6 Å². The Morgan fingerprint density at radius 1 is 0.969 bits per heavy atom. The highest BCUT2D eigenvalue weighted by Gasteiger charge is 2.20. The van der Waals surface area contributed by atoms with Gasteiger partial charge in [0.15, 0.2) is 5.65 Å². The van der Waals surface area contributed by atoms with E-state index in [1.54, 1.807) is 16.7 Å². The molecule has 7 heteroatoms. The molecule has 0 saturated carbocycles. The lowest BCUT2D eigenvalue weighted by Gasteiger charge is -2.09. The van der Waals surface area contributed by atoms with E-state index in [-0.39, 0.29) is 17.5 Å². The minimum absolute atomic E-state index is 0.0245. The van der Waals surface area contributed by atoms with Crippen LogP contribution >= 0.6 is 0 Å². The van der Waals surface area contributed by atoms with Gasteiger partial charge in [-0.1, -0.05) is 54.6 Å². The quantitative estimate of drug-likeness (QED) is 0.440. The van der Waals surface area contributed by atoms with Crippen LogP contribution in [0.4, 0.5) is 10.2 Å². The van der Waals surface area contributed by atoms with Crippen LogP contribution in [-0.4, -0.2) is 27.0 Å². The molecule has 0 bridgehead atoms. The largest absolute Gasteiger partial charge is 0.383 e. The number of nitrogens with one attached hydrogen (secondary N) is 1. The van der Waals surface area contributed by atoms with Gasteiger partial charge in [0, 0.05) is 11.9 Å². The van der Waals surface area contributed by atoms with E-state index in [0.29, 0.717) is 29.7 Å².